The lowest BCUT2D eigenvalue weighted by atomic mass is 10.1. The molecule has 0 aromatic heterocycles. The van der Waals surface area contributed by atoms with E-state index >= 15 is 0 Å². The first kappa shape index (κ1) is 13.2. The number of anilines is 2. The van der Waals surface area contributed by atoms with Gasteiger partial charge in [-0.05, 0) is 30.3 Å². The predicted molar refractivity (Wildman–Crippen MR) is 76.7 cm³/mol. The van der Waals surface area contributed by atoms with Crippen LogP contribution in [0.2, 0.25) is 5.02 Å². The summed E-state index contributed by atoms with van der Waals surface area (Å²) < 4.78 is 0. The number of nitrogen functional groups attached to an aromatic ring is 1. The van der Waals surface area contributed by atoms with Crippen LogP contribution in [0.15, 0.2) is 42.5 Å². The zero-order chi connectivity index (χ0) is 14.0. The summed E-state index contributed by atoms with van der Waals surface area (Å²) in [6.45, 7) is 0. The van der Waals surface area contributed by atoms with Crippen molar-refractivity contribution in [2.75, 3.05) is 17.7 Å². The number of para-hydroxylation sites is 1. The van der Waals surface area contributed by atoms with Gasteiger partial charge in [0.25, 0.3) is 5.91 Å². The average molecular weight is 277 g/mol. The molecule has 0 bridgehead atoms. The Kier molecular flexibility index (Phi) is 3.62. The van der Waals surface area contributed by atoms with Crippen molar-refractivity contribution in [1.82, 2.24) is 0 Å². The van der Waals surface area contributed by atoms with E-state index in [1.165, 1.54) is 11.0 Å². The maximum atomic E-state index is 12.3. The standard InChI is InChI=1S/C14H13ClN2O2/c1-17(12-8-9(15)6-7-11(12)16)14(19)10-4-2-3-5-13(10)18/h2-8,18H,16H2,1H3. The SMILES string of the molecule is CN(C(=O)c1ccccc1O)c1cc(Cl)ccc1N. The molecule has 0 unspecified atom stereocenters. The lowest BCUT2D eigenvalue weighted by Gasteiger charge is -2.20. The van der Waals surface area contributed by atoms with Gasteiger partial charge in [-0.3, -0.25) is 4.79 Å². The Bertz CT molecular complexity index is 629. The molecule has 0 aliphatic heterocycles. The smallest absolute Gasteiger partial charge is 0.261 e. The molecular weight excluding hydrogens is 264 g/mol. The molecule has 5 heteroatoms. The number of phenolic OH excluding ortho intramolecular Hbond substituents is 1. The average Bonchev–Trinajstić information content (AvgIpc) is 2.40. The van der Waals surface area contributed by atoms with Crippen molar-refractivity contribution >= 4 is 28.9 Å². The van der Waals surface area contributed by atoms with E-state index < -0.39 is 0 Å². The van der Waals surface area contributed by atoms with Gasteiger partial charge in [-0.15, -0.1) is 0 Å². The van der Waals surface area contributed by atoms with E-state index in [9.17, 15) is 9.90 Å². The third-order valence-electron chi connectivity index (χ3n) is 2.79. The quantitative estimate of drug-likeness (QED) is 0.829. The minimum absolute atomic E-state index is 0.0695. The molecule has 0 saturated carbocycles. The third-order valence-corrected chi connectivity index (χ3v) is 3.03. The molecule has 0 fully saturated rings. The molecule has 2 rings (SSSR count). The molecule has 3 N–H and O–H groups in total. The molecule has 1 amide bonds. The first-order valence-electron chi connectivity index (χ1n) is 5.62. The number of benzene rings is 2. The topological polar surface area (TPSA) is 66.6 Å². The highest BCUT2D eigenvalue weighted by Crippen LogP contribution is 2.28. The number of hydrogen-bond donors (Lipinski definition) is 2. The third kappa shape index (κ3) is 2.63. The number of phenols is 1. The molecule has 0 atom stereocenters. The Morgan fingerprint density at radius 1 is 1.26 bits per heavy atom. The second kappa shape index (κ2) is 5.20. The number of nitrogens with zero attached hydrogens (tertiary/aromatic N) is 1. The Labute approximate surface area is 116 Å². The highest BCUT2D eigenvalue weighted by atomic mass is 35.5. The van der Waals surface area contributed by atoms with Gasteiger partial charge >= 0.3 is 0 Å². The van der Waals surface area contributed by atoms with Gasteiger partial charge < -0.3 is 15.7 Å². The van der Waals surface area contributed by atoms with E-state index in [1.807, 2.05) is 0 Å². The van der Waals surface area contributed by atoms with Crippen molar-refractivity contribution in [3.63, 3.8) is 0 Å². The molecule has 0 aliphatic rings. The highest BCUT2D eigenvalue weighted by molar-refractivity contribution is 6.31. The summed E-state index contributed by atoms with van der Waals surface area (Å²) in [5.41, 5.74) is 6.98. The van der Waals surface area contributed by atoms with Gasteiger partial charge in [0.2, 0.25) is 0 Å². The van der Waals surface area contributed by atoms with Crippen LogP contribution < -0.4 is 10.6 Å². The summed E-state index contributed by atoms with van der Waals surface area (Å²) >= 11 is 5.90. The molecule has 0 heterocycles. The van der Waals surface area contributed by atoms with Crippen molar-refractivity contribution in [1.29, 1.82) is 0 Å². The Morgan fingerprint density at radius 3 is 2.63 bits per heavy atom. The second-order valence-electron chi connectivity index (χ2n) is 4.08. The minimum Gasteiger partial charge on any atom is -0.507 e. The van der Waals surface area contributed by atoms with Gasteiger partial charge in [0.15, 0.2) is 0 Å². The first-order chi connectivity index (χ1) is 9.00. The second-order valence-corrected chi connectivity index (χ2v) is 4.52. The van der Waals surface area contributed by atoms with Crippen molar-refractivity contribution < 1.29 is 9.90 Å². The van der Waals surface area contributed by atoms with Crippen LogP contribution in [-0.2, 0) is 0 Å². The molecule has 98 valence electrons. The number of halogens is 1. The summed E-state index contributed by atoms with van der Waals surface area (Å²) in [5.74, 6) is -0.424. The summed E-state index contributed by atoms with van der Waals surface area (Å²) in [4.78, 5) is 13.7. The summed E-state index contributed by atoms with van der Waals surface area (Å²) in [6.07, 6.45) is 0. The molecule has 0 radical (unpaired) electrons. The van der Waals surface area contributed by atoms with E-state index in [0.29, 0.717) is 16.4 Å². The number of nitrogens with two attached hydrogens (primary N) is 1. The van der Waals surface area contributed by atoms with E-state index in [4.69, 9.17) is 17.3 Å². The van der Waals surface area contributed by atoms with Crippen LogP contribution in [-0.4, -0.2) is 18.1 Å². The Balaban J connectivity index is 2.39. The van der Waals surface area contributed by atoms with Crippen molar-refractivity contribution in [2.24, 2.45) is 0 Å². The van der Waals surface area contributed by atoms with Crippen molar-refractivity contribution in [3.05, 3.63) is 53.1 Å². The summed E-state index contributed by atoms with van der Waals surface area (Å²) in [5, 5.41) is 10.2. The van der Waals surface area contributed by atoms with Crippen LogP contribution in [0.5, 0.6) is 5.75 Å². The minimum atomic E-state index is -0.355. The molecule has 4 nitrogen and oxygen atoms in total. The van der Waals surface area contributed by atoms with Gasteiger partial charge in [-0.2, -0.15) is 0 Å². The summed E-state index contributed by atoms with van der Waals surface area (Å²) in [6, 6.07) is 11.2. The number of hydrogen-bond acceptors (Lipinski definition) is 3. The zero-order valence-corrected chi connectivity index (χ0v) is 11.1. The number of amides is 1. The van der Waals surface area contributed by atoms with Crippen LogP contribution in [0.4, 0.5) is 11.4 Å². The predicted octanol–water partition coefficient (Wildman–Crippen LogP) is 2.90. The fraction of sp³-hybridized carbons (Fsp3) is 0.0714. The highest BCUT2D eigenvalue weighted by Gasteiger charge is 2.18. The van der Waals surface area contributed by atoms with E-state index in [0.717, 1.165) is 0 Å². The van der Waals surface area contributed by atoms with Gasteiger partial charge in [-0.1, -0.05) is 23.7 Å². The Morgan fingerprint density at radius 2 is 1.95 bits per heavy atom. The van der Waals surface area contributed by atoms with Crippen LogP contribution in [0.3, 0.4) is 0 Å². The number of rotatable bonds is 2. The van der Waals surface area contributed by atoms with Crippen LogP contribution in [0.25, 0.3) is 0 Å². The van der Waals surface area contributed by atoms with Gasteiger partial charge in [0, 0.05) is 12.1 Å². The molecule has 2 aromatic rings. The van der Waals surface area contributed by atoms with Crippen LogP contribution in [0.1, 0.15) is 10.4 Å². The number of aromatic hydroxyl groups is 1. The normalized spacial score (nSPS) is 10.2. The zero-order valence-electron chi connectivity index (χ0n) is 10.3. The molecule has 19 heavy (non-hydrogen) atoms. The van der Waals surface area contributed by atoms with Gasteiger partial charge in [0.1, 0.15) is 5.75 Å². The van der Waals surface area contributed by atoms with E-state index in [-0.39, 0.29) is 17.2 Å². The Hall–Kier alpha value is -2.20. The molecular formula is C14H13ClN2O2. The van der Waals surface area contributed by atoms with E-state index in [1.54, 1.807) is 43.4 Å². The number of carbonyl (C=O) groups is 1. The fourth-order valence-corrected chi connectivity index (χ4v) is 1.92. The first-order valence-corrected chi connectivity index (χ1v) is 5.99. The van der Waals surface area contributed by atoms with Crippen LogP contribution in [0, 0.1) is 0 Å². The lowest BCUT2D eigenvalue weighted by molar-refractivity contribution is 0.0990. The molecule has 0 saturated heterocycles. The largest absolute Gasteiger partial charge is 0.507 e. The monoisotopic (exact) mass is 276 g/mol. The molecule has 0 aliphatic carbocycles. The lowest BCUT2D eigenvalue weighted by Crippen LogP contribution is -2.27. The van der Waals surface area contributed by atoms with Gasteiger partial charge in [-0.25, -0.2) is 0 Å². The van der Waals surface area contributed by atoms with Crippen LogP contribution >= 0.6 is 11.6 Å². The molecule has 2 aromatic carbocycles. The molecule has 0 spiro atoms. The van der Waals surface area contributed by atoms with Crippen molar-refractivity contribution in [2.45, 2.75) is 0 Å². The van der Waals surface area contributed by atoms with Crippen molar-refractivity contribution in [3.8, 4) is 5.75 Å². The van der Waals surface area contributed by atoms with E-state index in [2.05, 4.69) is 0 Å². The summed E-state index contributed by atoms with van der Waals surface area (Å²) in [7, 11) is 1.58. The maximum absolute atomic E-state index is 12.3. The van der Waals surface area contributed by atoms with Gasteiger partial charge in [0.05, 0.1) is 16.9 Å². The fourth-order valence-electron chi connectivity index (χ4n) is 1.75. The number of carbonyl (C=O) groups excluding carboxylic acids is 1. The maximum Gasteiger partial charge on any atom is 0.261 e.